The van der Waals surface area contributed by atoms with Gasteiger partial charge in [0.2, 0.25) is 0 Å². The molecule has 1 amide bonds. The molecule has 22 heavy (non-hydrogen) atoms. The molecule has 1 fully saturated rings. The highest BCUT2D eigenvalue weighted by molar-refractivity contribution is 9.10. The van der Waals surface area contributed by atoms with Gasteiger partial charge < -0.3 is 9.64 Å². The Morgan fingerprint density at radius 2 is 1.91 bits per heavy atom. The van der Waals surface area contributed by atoms with Gasteiger partial charge >= 0.3 is 6.09 Å². The van der Waals surface area contributed by atoms with Gasteiger partial charge in [0.15, 0.2) is 0 Å². The van der Waals surface area contributed by atoms with Crippen LogP contribution in [0.5, 0.6) is 0 Å². The summed E-state index contributed by atoms with van der Waals surface area (Å²) in [6, 6.07) is 4.71. The lowest BCUT2D eigenvalue weighted by molar-refractivity contribution is 0.0139. The number of hydrogen-bond acceptors (Lipinski definition) is 3. The minimum Gasteiger partial charge on any atom is -0.444 e. The van der Waals surface area contributed by atoms with Gasteiger partial charge in [0.05, 0.1) is 0 Å². The zero-order valence-electron chi connectivity index (χ0n) is 13.2. The number of rotatable bonds is 2. The second-order valence-corrected chi connectivity index (χ2v) is 7.33. The number of amides is 1. The van der Waals surface area contributed by atoms with Crippen LogP contribution in [0.15, 0.2) is 22.7 Å². The number of piperazine rings is 1. The van der Waals surface area contributed by atoms with E-state index in [9.17, 15) is 9.18 Å². The molecule has 2 rings (SSSR count). The van der Waals surface area contributed by atoms with Crippen molar-refractivity contribution in [2.45, 2.75) is 32.9 Å². The Morgan fingerprint density at radius 3 is 2.50 bits per heavy atom. The smallest absolute Gasteiger partial charge is 0.410 e. The SMILES string of the molecule is CC(C)(C)OC(=O)N1CCN(Cc2cc(F)ccc2Br)CC1. The van der Waals surface area contributed by atoms with E-state index in [4.69, 9.17) is 4.74 Å². The second-order valence-electron chi connectivity index (χ2n) is 6.48. The van der Waals surface area contributed by atoms with E-state index < -0.39 is 5.60 Å². The Kier molecular flexibility index (Phi) is 5.45. The minimum atomic E-state index is -0.472. The second kappa shape index (κ2) is 6.96. The maximum atomic E-state index is 13.3. The summed E-state index contributed by atoms with van der Waals surface area (Å²) in [6.07, 6.45) is -0.265. The van der Waals surface area contributed by atoms with Crippen molar-refractivity contribution in [1.29, 1.82) is 0 Å². The molecule has 1 heterocycles. The average Bonchev–Trinajstić information content (AvgIpc) is 2.42. The molecule has 0 spiro atoms. The van der Waals surface area contributed by atoms with Crippen LogP contribution in [0.3, 0.4) is 0 Å². The van der Waals surface area contributed by atoms with Crippen LogP contribution in [0, 0.1) is 5.82 Å². The van der Waals surface area contributed by atoms with Crippen LogP contribution in [0.2, 0.25) is 0 Å². The van der Waals surface area contributed by atoms with Gasteiger partial charge in [0, 0.05) is 37.2 Å². The summed E-state index contributed by atoms with van der Waals surface area (Å²) in [5.74, 6) is -0.231. The third kappa shape index (κ3) is 4.95. The molecule has 1 saturated heterocycles. The van der Waals surface area contributed by atoms with Crippen LogP contribution in [-0.2, 0) is 11.3 Å². The number of carbonyl (C=O) groups is 1. The van der Waals surface area contributed by atoms with Crippen molar-refractivity contribution in [2.75, 3.05) is 26.2 Å². The Morgan fingerprint density at radius 1 is 1.27 bits per heavy atom. The van der Waals surface area contributed by atoms with E-state index in [1.807, 2.05) is 20.8 Å². The van der Waals surface area contributed by atoms with Crippen LogP contribution < -0.4 is 0 Å². The molecule has 1 aliphatic heterocycles. The van der Waals surface area contributed by atoms with Crippen molar-refractivity contribution >= 4 is 22.0 Å². The van der Waals surface area contributed by atoms with E-state index in [1.54, 1.807) is 17.0 Å². The standard InChI is InChI=1S/C16H22BrFN2O2/c1-16(2,3)22-15(21)20-8-6-19(7-9-20)11-12-10-13(18)4-5-14(12)17/h4-5,10H,6-9,11H2,1-3H3. The van der Waals surface area contributed by atoms with Crippen LogP contribution >= 0.6 is 15.9 Å². The minimum absolute atomic E-state index is 0.231. The van der Waals surface area contributed by atoms with Gasteiger partial charge in [-0.3, -0.25) is 4.90 Å². The number of carbonyl (C=O) groups excluding carboxylic acids is 1. The molecule has 1 aromatic carbocycles. The lowest BCUT2D eigenvalue weighted by Gasteiger charge is -2.35. The first-order valence-electron chi connectivity index (χ1n) is 7.39. The van der Waals surface area contributed by atoms with Crippen molar-refractivity contribution in [2.24, 2.45) is 0 Å². The van der Waals surface area contributed by atoms with Gasteiger partial charge in [0.25, 0.3) is 0 Å². The zero-order valence-corrected chi connectivity index (χ0v) is 14.8. The van der Waals surface area contributed by atoms with Gasteiger partial charge in [-0.25, -0.2) is 9.18 Å². The monoisotopic (exact) mass is 372 g/mol. The number of nitrogens with zero attached hydrogens (tertiary/aromatic N) is 2. The predicted octanol–water partition coefficient (Wildman–Crippen LogP) is 3.64. The number of ether oxygens (including phenoxy) is 1. The van der Waals surface area contributed by atoms with Crippen molar-refractivity contribution in [3.63, 3.8) is 0 Å². The topological polar surface area (TPSA) is 32.8 Å². The maximum absolute atomic E-state index is 13.3. The normalized spacial score (nSPS) is 16.7. The molecule has 1 aromatic rings. The molecule has 1 aliphatic rings. The molecule has 0 atom stereocenters. The van der Waals surface area contributed by atoms with E-state index in [0.717, 1.165) is 23.1 Å². The van der Waals surface area contributed by atoms with Crippen molar-refractivity contribution in [3.05, 3.63) is 34.1 Å². The molecular formula is C16H22BrFN2O2. The molecule has 122 valence electrons. The van der Waals surface area contributed by atoms with Gasteiger partial charge in [-0.1, -0.05) is 15.9 Å². The molecule has 0 bridgehead atoms. The summed E-state index contributed by atoms with van der Waals surface area (Å²) >= 11 is 3.45. The van der Waals surface area contributed by atoms with E-state index in [1.165, 1.54) is 6.07 Å². The quantitative estimate of drug-likeness (QED) is 0.794. The van der Waals surface area contributed by atoms with Gasteiger partial charge in [0.1, 0.15) is 11.4 Å². The first kappa shape index (κ1) is 17.2. The molecule has 6 heteroatoms. The third-order valence-corrected chi connectivity index (χ3v) is 4.20. The van der Waals surface area contributed by atoms with E-state index in [-0.39, 0.29) is 11.9 Å². The van der Waals surface area contributed by atoms with Crippen molar-refractivity contribution in [3.8, 4) is 0 Å². The van der Waals surface area contributed by atoms with Crippen LogP contribution in [0.1, 0.15) is 26.3 Å². The van der Waals surface area contributed by atoms with E-state index in [2.05, 4.69) is 20.8 Å². The number of benzene rings is 1. The molecular weight excluding hydrogens is 351 g/mol. The fraction of sp³-hybridized carbons (Fsp3) is 0.562. The first-order valence-corrected chi connectivity index (χ1v) is 8.18. The highest BCUT2D eigenvalue weighted by Gasteiger charge is 2.26. The molecule has 0 aliphatic carbocycles. The zero-order chi connectivity index (χ0) is 16.3. The van der Waals surface area contributed by atoms with Gasteiger partial charge in [-0.15, -0.1) is 0 Å². The Balaban J connectivity index is 1.87. The fourth-order valence-electron chi connectivity index (χ4n) is 2.32. The summed E-state index contributed by atoms with van der Waals surface area (Å²) in [7, 11) is 0. The number of halogens is 2. The molecule has 4 nitrogen and oxygen atoms in total. The first-order chi connectivity index (χ1) is 10.2. The largest absolute Gasteiger partial charge is 0.444 e. The Labute approximate surface area is 139 Å². The molecule has 0 N–H and O–H groups in total. The highest BCUT2D eigenvalue weighted by Crippen LogP contribution is 2.20. The van der Waals surface area contributed by atoms with Crippen LogP contribution in [-0.4, -0.2) is 47.7 Å². The number of hydrogen-bond donors (Lipinski definition) is 0. The summed E-state index contributed by atoms with van der Waals surface area (Å²) in [6.45, 7) is 9.02. The van der Waals surface area contributed by atoms with Crippen LogP contribution in [0.4, 0.5) is 9.18 Å². The molecule has 0 radical (unpaired) electrons. The Bertz CT molecular complexity index is 537. The summed E-state index contributed by atoms with van der Waals surface area (Å²) < 4.78 is 19.6. The molecule has 0 unspecified atom stereocenters. The lowest BCUT2D eigenvalue weighted by Crippen LogP contribution is -2.49. The Hall–Kier alpha value is -1.14. The fourth-order valence-corrected chi connectivity index (χ4v) is 2.69. The van der Waals surface area contributed by atoms with Gasteiger partial charge in [-0.05, 0) is 44.5 Å². The molecule has 0 saturated carbocycles. The predicted molar refractivity (Wildman–Crippen MR) is 87.2 cm³/mol. The van der Waals surface area contributed by atoms with Crippen molar-refractivity contribution < 1.29 is 13.9 Å². The third-order valence-electron chi connectivity index (χ3n) is 3.43. The van der Waals surface area contributed by atoms with Crippen molar-refractivity contribution in [1.82, 2.24) is 9.80 Å². The molecule has 0 aromatic heterocycles. The average molecular weight is 373 g/mol. The summed E-state index contributed by atoms with van der Waals surface area (Å²) in [4.78, 5) is 15.9. The lowest BCUT2D eigenvalue weighted by atomic mass is 10.2. The van der Waals surface area contributed by atoms with E-state index >= 15 is 0 Å². The summed E-state index contributed by atoms with van der Waals surface area (Å²) in [5, 5.41) is 0. The van der Waals surface area contributed by atoms with Crippen LogP contribution in [0.25, 0.3) is 0 Å². The summed E-state index contributed by atoms with van der Waals surface area (Å²) in [5.41, 5.74) is 0.450. The highest BCUT2D eigenvalue weighted by atomic mass is 79.9. The van der Waals surface area contributed by atoms with Gasteiger partial charge in [-0.2, -0.15) is 0 Å². The maximum Gasteiger partial charge on any atom is 0.410 e. The van der Waals surface area contributed by atoms with E-state index in [0.29, 0.717) is 19.6 Å².